The van der Waals surface area contributed by atoms with Crippen molar-refractivity contribution in [1.82, 2.24) is 19.9 Å². The molecule has 2 fully saturated rings. The minimum atomic E-state index is -3.94. The molecule has 0 unspecified atom stereocenters. The van der Waals surface area contributed by atoms with Crippen LogP contribution < -0.4 is 10.0 Å². The second-order valence-corrected chi connectivity index (χ2v) is 14.4. The fraction of sp³-hybridized carbons (Fsp3) is 0.581. The Balaban J connectivity index is 1.26. The normalized spacial score (nSPS) is 20.0. The van der Waals surface area contributed by atoms with Crippen molar-refractivity contribution in [2.45, 2.75) is 76.8 Å². The average molecular weight is 617 g/mol. The Morgan fingerprint density at radius 1 is 1.07 bits per heavy atom. The molecule has 0 spiro atoms. The van der Waals surface area contributed by atoms with Crippen LogP contribution >= 0.6 is 0 Å². The predicted molar refractivity (Wildman–Crippen MR) is 166 cm³/mol. The molecule has 1 aliphatic heterocycles. The summed E-state index contributed by atoms with van der Waals surface area (Å²) in [6.45, 7) is 7.83. The smallest absolute Gasteiger partial charge is 0.246 e. The van der Waals surface area contributed by atoms with Crippen LogP contribution in [0.5, 0.6) is 0 Å². The average Bonchev–Trinajstić information content (AvgIpc) is 2.93. The van der Waals surface area contributed by atoms with Crippen LogP contribution in [0.2, 0.25) is 0 Å². The van der Waals surface area contributed by atoms with Gasteiger partial charge in [-0.25, -0.2) is 32.2 Å². The van der Waals surface area contributed by atoms with Crippen molar-refractivity contribution in [3.63, 3.8) is 0 Å². The molecule has 2 N–H and O–H groups in total. The highest BCUT2D eigenvalue weighted by atomic mass is 32.2. The van der Waals surface area contributed by atoms with Crippen LogP contribution in [-0.4, -0.2) is 78.8 Å². The van der Waals surface area contributed by atoms with Crippen LogP contribution in [0.3, 0.4) is 0 Å². The number of benzene rings is 1. The maximum atomic E-state index is 13.1. The second kappa shape index (κ2) is 13.0. The zero-order valence-corrected chi connectivity index (χ0v) is 26.1. The van der Waals surface area contributed by atoms with Crippen LogP contribution in [0, 0.1) is 5.92 Å². The number of nitrogens with zero attached hydrogens (tertiary/aromatic N) is 4. The molecule has 3 heterocycles. The highest BCUT2D eigenvalue weighted by molar-refractivity contribution is 7.92. The lowest BCUT2D eigenvalue weighted by Crippen LogP contribution is -2.44. The number of nitrogens with one attached hydrogen (secondary N) is 2. The summed E-state index contributed by atoms with van der Waals surface area (Å²) >= 11 is 0. The standard InChI is InChI=1S/C31H42F2N6O3S/c1-20(2)27-14-23(22-5-10-28(34-15-22)38-43(40,41)12-11-31(3,32)33)13-24-16-35-30(37-29(24)27)36-25-6-8-26(9-7-25)39(4)17-21-18-42-19-21/h5,10,13-16,20-21,25-26H,6-9,11-12,17-19H2,1-4H3,(H,34,38)(H,35,36,37). The van der Waals surface area contributed by atoms with E-state index in [1.54, 1.807) is 12.3 Å². The van der Waals surface area contributed by atoms with Gasteiger partial charge in [-0.05, 0) is 81.0 Å². The third-order valence-corrected chi connectivity index (χ3v) is 9.67. The molecular weight excluding hydrogens is 574 g/mol. The van der Waals surface area contributed by atoms with E-state index in [-0.39, 0.29) is 11.7 Å². The molecule has 0 radical (unpaired) electrons. The van der Waals surface area contributed by atoms with E-state index in [1.165, 1.54) is 6.07 Å². The van der Waals surface area contributed by atoms with E-state index < -0.39 is 28.1 Å². The van der Waals surface area contributed by atoms with Crippen molar-refractivity contribution >= 4 is 32.7 Å². The Bertz CT molecular complexity index is 1500. The van der Waals surface area contributed by atoms with Gasteiger partial charge in [0, 0.05) is 54.3 Å². The number of ether oxygens (including phenoxy) is 1. The summed E-state index contributed by atoms with van der Waals surface area (Å²) in [5, 5.41) is 4.49. The summed E-state index contributed by atoms with van der Waals surface area (Å²) in [7, 11) is -1.71. The maximum Gasteiger partial charge on any atom is 0.246 e. The molecule has 43 heavy (non-hydrogen) atoms. The van der Waals surface area contributed by atoms with E-state index in [0.29, 0.717) is 30.9 Å². The van der Waals surface area contributed by atoms with Gasteiger partial charge < -0.3 is 15.0 Å². The summed E-state index contributed by atoms with van der Waals surface area (Å²) in [6.07, 6.45) is 7.12. The van der Waals surface area contributed by atoms with Gasteiger partial charge in [-0.2, -0.15) is 0 Å². The van der Waals surface area contributed by atoms with Crippen LogP contribution in [0.15, 0.2) is 36.7 Å². The Labute approximate surface area is 252 Å². The number of hydrogen-bond donors (Lipinski definition) is 2. The molecule has 2 aliphatic rings. The molecule has 1 aliphatic carbocycles. The van der Waals surface area contributed by atoms with E-state index in [4.69, 9.17) is 9.72 Å². The molecule has 0 amide bonds. The second-order valence-electron chi connectivity index (χ2n) is 12.5. The Morgan fingerprint density at radius 3 is 2.42 bits per heavy atom. The first-order valence-electron chi connectivity index (χ1n) is 15.0. The quantitative estimate of drug-likeness (QED) is 0.259. The molecule has 1 aromatic carbocycles. The highest BCUT2D eigenvalue weighted by Gasteiger charge is 2.28. The molecule has 1 saturated carbocycles. The summed E-state index contributed by atoms with van der Waals surface area (Å²) < 4.78 is 58.2. The molecule has 12 heteroatoms. The lowest BCUT2D eigenvalue weighted by Gasteiger charge is -2.38. The van der Waals surface area contributed by atoms with Crippen molar-refractivity contribution in [3.05, 3.63) is 42.2 Å². The van der Waals surface area contributed by atoms with E-state index in [2.05, 4.69) is 51.9 Å². The first-order valence-corrected chi connectivity index (χ1v) is 16.7. The summed E-state index contributed by atoms with van der Waals surface area (Å²) in [5.74, 6) is -2.14. The van der Waals surface area contributed by atoms with Crippen LogP contribution in [0.1, 0.15) is 64.4 Å². The Kier molecular flexibility index (Phi) is 9.48. The topological polar surface area (TPSA) is 109 Å². The predicted octanol–water partition coefficient (Wildman–Crippen LogP) is 5.90. The van der Waals surface area contributed by atoms with Gasteiger partial charge in [0.05, 0.1) is 24.5 Å². The zero-order valence-electron chi connectivity index (χ0n) is 25.3. The first-order chi connectivity index (χ1) is 20.3. The summed E-state index contributed by atoms with van der Waals surface area (Å²) in [4.78, 5) is 16.3. The number of halogens is 2. The van der Waals surface area contributed by atoms with E-state index in [9.17, 15) is 17.2 Å². The fourth-order valence-electron chi connectivity index (χ4n) is 5.79. The molecular formula is C31H42F2N6O3S. The lowest BCUT2D eigenvalue weighted by molar-refractivity contribution is -0.0496. The lowest BCUT2D eigenvalue weighted by atomic mass is 9.90. The van der Waals surface area contributed by atoms with Crippen molar-refractivity contribution in [1.29, 1.82) is 0 Å². The van der Waals surface area contributed by atoms with Gasteiger partial charge in [0.15, 0.2) is 0 Å². The number of pyridine rings is 1. The number of sulfonamides is 1. The number of aromatic nitrogens is 3. The van der Waals surface area contributed by atoms with Crippen LogP contribution in [-0.2, 0) is 14.8 Å². The third kappa shape index (κ3) is 8.36. The number of rotatable bonds is 12. The first kappa shape index (κ1) is 31.5. The van der Waals surface area contributed by atoms with Gasteiger partial charge in [0.25, 0.3) is 0 Å². The number of hydrogen-bond acceptors (Lipinski definition) is 8. The van der Waals surface area contributed by atoms with Crippen LogP contribution in [0.25, 0.3) is 22.0 Å². The van der Waals surface area contributed by atoms with Gasteiger partial charge in [-0.3, -0.25) is 4.72 Å². The molecule has 1 saturated heterocycles. The molecule has 0 atom stereocenters. The van der Waals surface area contributed by atoms with E-state index >= 15 is 0 Å². The summed E-state index contributed by atoms with van der Waals surface area (Å²) in [6, 6.07) is 8.34. The SMILES string of the molecule is CC(C)c1cc(-c2ccc(NS(=O)(=O)CCC(C)(F)F)nc2)cc2cnc(NC3CCC(N(C)CC4COC4)CC3)nc12. The Morgan fingerprint density at radius 2 is 1.81 bits per heavy atom. The van der Waals surface area contributed by atoms with Gasteiger partial charge in [0.2, 0.25) is 21.9 Å². The van der Waals surface area contributed by atoms with Gasteiger partial charge in [-0.1, -0.05) is 13.8 Å². The van der Waals surface area contributed by atoms with E-state index in [1.807, 2.05) is 12.3 Å². The maximum absolute atomic E-state index is 13.1. The van der Waals surface area contributed by atoms with E-state index in [0.717, 1.165) is 73.0 Å². The fourth-order valence-corrected chi connectivity index (χ4v) is 6.96. The zero-order chi connectivity index (χ0) is 30.8. The van der Waals surface area contributed by atoms with Gasteiger partial charge in [0.1, 0.15) is 5.82 Å². The molecule has 0 bridgehead atoms. The summed E-state index contributed by atoms with van der Waals surface area (Å²) in [5.41, 5.74) is 3.68. The molecule has 234 valence electrons. The van der Waals surface area contributed by atoms with Gasteiger partial charge >= 0.3 is 0 Å². The monoisotopic (exact) mass is 616 g/mol. The minimum Gasteiger partial charge on any atom is -0.381 e. The molecule has 2 aromatic heterocycles. The number of alkyl halides is 2. The largest absolute Gasteiger partial charge is 0.381 e. The number of anilines is 2. The molecule has 9 nitrogen and oxygen atoms in total. The van der Waals surface area contributed by atoms with Crippen molar-refractivity contribution in [2.75, 3.05) is 42.6 Å². The minimum absolute atomic E-state index is 0.0840. The van der Waals surface area contributed by atoms with Gasteiger partial charge in [-0.15, -0.1) is 0 Å². The molecule has 3 aromatic rings. The molecule has 5 rings (SSSR count). The van der Waals surface area contributed by atoms with Crippen molar-refractivity contribution < 1.29 is 21.9 Å². The third-order valence-electron chi connectivity index (χ3n) is 8.41. The van der Waals surface area contributed by atoms with Crippen molar-refractivity contribution in [3.8, 4) is 11.1 Å². The van der Waals surface area contributed by atoms with Crippen molar-refractivity contribution in [2.24, 2.45) is 5.92 Å². The Hall–Kier alpha value is -2.96. The number of fused-ring (bicyclic) bond motifs is 1. The van der Waals surface area contributed by atoms with Crippen LogP contribution in [0.4, 0.5) is 20.5 Å². The highest BCUT2D eigenvalue weighted by Crippen LogP contribution is 2.32.